The van der Waals surface area contributed by atoms with Gasteiger partial charge in [0, 0.05) is 11.8 Å². The van der Waals surface area contributed by atoms with Gasteiger partial charge in [0.15, 0.2) is 11.6 Å². The summed E-state index contributed by atoms with van der Waals surface area (Å²) in [7, 11) is 0. The Hall–Kier alpha value is -2.96. The molecule has 7 heteroatoms. The van der Waals surface area contributed by atoms with Crippen LogP contribution in [0.4, 0.5) is 0 Å². The Morgan fingerprint density at radius 2 is 1.46 bits per heavy atom. The molecule has 3 aliphatic rings. The fourth-order valence-electron chi connectivity index (χ4n) is 4.15. The Kier molecular flexibility index (Phi) is 4.53. The van der Waals surface area contributed by atoms with Crippen LogP contribution in [0, 0.1) is 11.8 Å². The van der Waals surface area contributed by atoms with Crippen molar-refractivity contribution in [2.45, 2.75) is 45.6 Å². The standard InChI is InChI=1S/C21H21N3O4/c1-11(22-17-18(25)13-7-3-4-8-14(13)19(17)26)12(2)23-24-20(27)15-9-5-6-10-16(15)21(24)28/h5-6,9-11,13-14H,3-4,7-8H2,1-2H3. The smallest absolute Gasteiger partial charge is 0.282 e. The van der Waals surface area contributed by atoms with Crippen LogP contribution >= 0.6 is 0 Å². The maximum Gasteiger partial charge on any atom is 0.282 e. The lowest BCUT2D eigenvalue weighted by molar-refractivity contribution is -0.120. The quantitative estimate of drug-likeness (QED) is 0.595. The molecule has 0 spiro atoms. The molecule has 2 amide bonds. The van der Waals surface area contributed by atoms with Crippen molar-refractivity contribution in [1.82, 2.24) is 5.01 Å². The number of amides is 2. The van der Waals surface area contributed by atoms with Crippen LogP contribution in [0.15, 0.2) is 34.4 Å². The van der Waals surface area contributed by atoms with Gasteiger partial charge in [-0.1, -0.05) is 25.0 Å². The van der Waals surface area contributed by atoms with E-state index in [9.17, 15) is 19.2 Å². The van der Waals surface area contributed by atoms with E-state index in [1.807, 2.05) is 0 Å². The summed E-state index contributed by atoms with van der Waals surface area (Å²) in [6.45, 7) is 3.34. The third-order valence-electron chi connectivity index (χ3n) is 5.86. The van der Waals surface area contributed by atoms with E-state index in [0.717, 1.165) is 30.7 Å². The zero-order chi connectivity index (χ0) is 20.0. The molecule has 1 aliphatic heterocycles. The van der Waals surface area contributed by atoms with E-state index < -0.39 is 17.9 Å². The maximum atomic E-state index is 12.6. The Labute approximate surface area is 162 Å². The van der Waals surface area contributed by atoms with Crippen LogP contribution in [-0.4, -0.2) is 45.9 Å². The first-order valence-corrected chi connectivity index (χ1v) is 9.59. The van der Waals surface area contributed by atoms with Crippen molar-refractivity contribution < 1.29 is 19.2 Å². The molecule has 1 heterocycles. The van der Waals surface area contributed by atoms with Crippen LogP contribution < -0.4 is 0 Å². The summed E-state index contributed by atoms with van der Waals surface area (Å²) in [5.74, 6) is -1.79. The van der Waals surface area contributed by atoms with Gasteiger partial charge in [0.1, 0.15) is 5.71 Å². The number of rotatable bonds is 3. The minimum Gasteiger partial charge on any atom is -0.292 e. The van der Waals surface area contributed by atoms with E-state index in [1.54, 1.807) is 38.1 Å². The zero-order valence-electron chi connectivity index (χ0n) is 15.8. The first-order valence-electron chi connectivity index (χ1n) is 9.59. The SMILES string of the molecule is CC(=NN1C(=O)c2ccccc2C1=O)C(C)N=C1C(=O)C2CCCCC2C1=O. The summed E-state index contributed by atoms with van der Waals surface area (Å²) < 4.78 is 0. The highest BCUT2D eigenvalue weighted by Crippen LogP contribution is 2.37. The Morgan fingerprint density at radius 3 is 1.96 bits per heavy atom. The number of benzene rings is 1. The lowest BCUT2D eigenvalue weighted by Crippen LogP contribution is -2.28. The molecule has 0 saturated heterocycles. The van der Waals surface area contributed by atoms with Gasteiger partial charge in [-0.15, -0.1) is 0 Å². The van der Waals surface area contributed by atoms with Crippen molar-refractivity contribution in [3.63, 3.8) is 0 Å². The molecule has 1 aromatic rings. The van der Waals surface area contributed by atoms with Gasteiger partial charge in [-0.2, -0.15) is 10.1 Å². The largest absolute Gasteiger partial charge is 0.292 e. The van der Waals surface area contributed by atoms with Crippen molar-refractivity contribution in [2.75, 3.05) is 0 Å². The molecule has 0 aromatic heterocycles. The van der Waals surface area contributed by atoms with Gasteiger partial charge >= 0.3 is 0 Å². The second-order valence-corrected chi connectivity index (χ2v) is 7.59. The molecule has 2 fully saturated rings. The normalized spacial score (nSPS) is 25.9. The molecule has 1 aromatic carbocycles. The van der Waals surface area contributed by atoms with E-state index >= 15 is 0 Å². The molecule has 144 valence electrons. The highest BCUT2D eigenvalue weighted by atomic mass is 16.2. The van der Waals surface area contributed by atoms with Crippen LogP contribution in [0.3, 0.4) is 0 Å². The molecule has 7 nitrogen and oxygen atoms in total. The zero-order valence-corrected chi connectivity index (χ0v) is 15.8. The number of aliphatic imine (C=N–C) groups is 1. The highest BCUT2D eigenvalue weighted by Gasteiger charge is 2.47. The molecule has 4 rings (SSSR count). The van der Waals surface area contributed by atoms with E-state index in [4.69, 9.17) is 0 Å². The van der Waals surface area contributed by atoms with E-state index in [2.05, 4.69) is 10.1 Å². The number of carbonyl (C=O) groups is 4. The third kappa shape index (κ3) is 2.82. The lowest BCUT2D eigenvalue weighted by Gasteiger charge is -2.20. The number of ketones is 2. The van der Waals surface area contributed by atoms with Crippen LogP contribution in [0.2, 0.25) is 0 Å². The van der Waals surface area contributed by atoms with E-state index in [1.165, 1.54) is 0 Å². The monoisotopic (exact) mass is 379 g/mol. The van der Waals surface area contributed by atoms with Crippen molar-refractivity contribution in [2.24, 2.45) is 21.9 Å². The van der Waals surface area contributed by atoms with Gasteiger partial charge < -0.3 is 0 Å². The van der Waals surface area contributed by atoms with Crippen LogP contribution in [0.5, 0.6) is 0 Å². The van der Waals surface area contributed by atoms with Gasteiger partial charge in [0.05, 0.1) is 22.9 Å². The van der Waals surface area contributed by atoms with Gasteiger partial charge in [-0.25, -0.2) is 0 Å². The number of nitrogens with zero attached hydrogens (tertiary/aromatic N) is 3. The number of hydrogen-bond acceptors (Lipinski definition) is 6. The number of hydrogen-bond donors (Lipinski definition) is 0. The van der Waals surface area contributed by atoms with Gasteiger partial charge in [-0.3, -0.25) is 24.2 Å². The number of hydrazone groups is 1. The predicted octanol–water partition coefficient (Wildman–Crippen LogP) is 2.45. The fraction of sp³-hybridized carbons (Fsp3) is 0.429. The lowest BCUT2D eigenvalue weighted by atomic mass is 9.81. The number of fused-ring (bicyclic) bond motifs is 2. The molecule has 0 radical (unpaired) electrons. The van der Waals surface area contributed by atoms with E-state index in [0.29, 0.717) is 16.8 Å². The molecule has 0 N–H and O–H groups in total. The van der Waals surface area contributed by atoms with Crippen LogP contribution in [-0.2, 0) is 9.59 Å². The summed E-state index contributed by atoms with van der Waals surface area (Å²) in [5, 5.41) is 4.98. The summed E-state index contributed by atoms with van der Waals surface area (Å²) in [5.41, 5.74) is 1.03. The Balaban J connectivity index is 1.57. The first kappa shape index (κ1) is 18.4. The topological polar surface area (TPSA) is 96.2 Å². The molecule has 2 aliphatic carbocycles. The molecular formula is C21H21N3O4. The van der Waals surface area contributed by atoms with E-state index in [-0.39, 0.29) is 29.1 Å². The van der Waals surface area contributed by atoms with Gasteiger partial charge in [0.2, 0.25) is 0 Å². The highest BCUT2D eigenvalue weighted by molar-refractivity contribution is 6.70. The predicted molar refractivity (Wildman–Crippen MR) is 102 cm³/mol. The second kappa shape index (κ2) is 6.89. The van der Waals surface area contributed by atoms with Gasteiger partial charge in [-0.05, 0) is 38.8 Å². The first-order chi connectivity index (χ1) is 13.4. The van der Waals surface area contributed by atoms with Crippen LogP contribution in [0.1, 0.15) is 60.2 Å². The second-order valence-electron chi connectivity index (χ2n) is 7.59. The summed E-state index contributed by atoms with van der Waals surface area (Å²) >= 11 is 0. The number of imide groups is 1. The summed E-state index contributed by atoms with van der Waals surface area (Å²) in [4.78, 5) is 54.4. The van der Waals surface area contributed by atoms with Gasteiger partial charge in [0.25, 0.3) is 11.8 Å². The molecule has 3 unspecified atom stereocenters. The summed E-state index contributed by atoms with van der Waals surface area (Å²) in [6, 6.07) is 5.96. The molecule has 0 bridgehead atoms. The maximum absolute atomic E-state index is 12.6. The fourth-order valence-corrected chi connectivity index (χ4v) is 4.15. The molecule has 28 heavy (non-hydrogen) atoms. The Morgan fingerprint density at radius 1 is 0.964 bits per heavy atom. The molecular weight excluding hydrogens is 358 g/mol. The van der Waals surface area contributed by atoms with Crippen LogP contribution in [0.25, 0.3) is 0 Å². The average Bonchev–Trinajstić information content (AvgIpc) is 3.09. The van der Waals surface area contributed by atoms with Crippen molar-refractivity contribution in [1.29, 1.82) is 0 Å². The Bertz CT molecular complexity index is 901. The number of Topliss-reactive ketones (excluding diaryl/α,β-unsaturated/α-hetero) is 2. The minimum absolute atomic E-state index is 0.0151. The van der Waals surface area contributed by atoms with Crippen molar-refractivity contribution >= 4 is 34.8 Å². The van der Waals surface area contributed by atoms with Crippen molar-refractivity contribution in [3.8, 4) is 0 Å². The molecule has 2 saturated carbocycles. The third-order valence-corrected chi connectivity index (χ3v) is 5.86. The number of carbonyl (C=O) groups excluding carboxylic acids is 4. The molecule has 3 atom stereocenters. The summed E-state index contributed by atoms with van der Waals surface area (Å²) in [6.07, 6.45) is 3.40. The average molecular weight is 379 g/mol. The minimum atomic E-state index is -0.590. The van der Waals surface area contributed by atoms with Crippen molar-refractivity contribution in [3.05, 3.63) is 35.4 Å².